The van der Waals surface area contributed by atoms with Crippen molar-refractivity contribution in [3.8, 4) is 5.75 Å². The molecule has 1 unspecified atom stereocenters. The Hall–Kier alpha value is -2.40. The van der Waals surface area contributed by atoms with Crippen molar-refractivity contribution in [2.75, 3.05) is 18.5 Å². The average Bonchev–Trinajstić information content (AvgIpc) is 2.68. The fourth-order valence-corrected chi connectivity index (χ4v) is 3.20. The van der Waals surface area contributed by atoms with Gasteiger partial charge in [-0.3, -0.25) is 4.79 Å². The van der Waals surface area contributed by atoms with Gasteiger partial charge >= 0.3 is 0 Å². The highest BCUT2D eigenvalue weighted by atomic mass is 19.1. The molecule has 0 bridgehead atoms. The minimum Gasteiger partial charge on any atom is -0.483 e. The van der Waals surface area contributed by atoms with Crippen LogP contribution in [0.4, 0.5) is 10.1 Å². The molecular weight excluding hydrogens is 331 g/mol. The van der Waals surface area contributed by atoms with Crippen molar-refractivity contribution in [3.63, 3.8) is 0 Å². The van der Waals surface area contributed by atoms with Crippen LogP contribution in [0.15, 0.2) is 36.4 Å². The van der Waals surface area contributed by atoms with E-state index < -0.39 is 0 Å². The standard InChI is InChI=1S/C21H25FN2O2/c1-3-14(2)16-6-4-5-7-19(16)26-13-20(25)24-18-9-8-15-12-23-11-10-17(15)21(18)22/h4-9,14,23H,3,10-13H2,1-2H3,(H,24,25). The van der Waals surface area contributed by atoms with Crippen LogP contribution in [0, 0.1) is 5.82 Å². The second-order valence-corrected chi connectivity index (χ2v) is 6.68. The highest BCUT2D eigenvalue weighted by Crippen LogP contribution is 2.28. The first-order valence-corrected chi connectivity index (χ1v) is 9.12. The molecule has 1 heterocycles. The predicted octanol–water partition coefficient (Wildman–Crippen LogP) is 4.00. The number of ether oxygens (including phenoxy) is 1. The van der Waals surface area contributed by atoms with Crippen LogP contribution in [-0.2, 0) is 17.8 Å². The molecule has 4 nitrogen and oxygen atoms in total. The molecule has 5 heteroatoms. The van der Waals surface area contributed by atoms with E-state index in [9.17, 15) is 9.18 Å². The number of rotatable bonds is 6. The Balaban J connectivity index is 1.65. The molecule has 1 atom stereocenters. The van der Waals surface area contributed by atoms with Crippen molar-refractivity contribution in [2.45, 2.75) is 39.2 Å². The molecule has 0 aromatic heterocycles. The van der Waals surface area contributed by atoms with Gasteiger partial charge in [0.25, 0.3) is 5.91 Å². The van der Waals surface area contributed by atoms with Crippen LogP contribution in [0.1, 0.15) is 42.9 Å². The maximum Gasteiger partial charge on any atom is 0.262 e. The van der Waals surface area contributed by atoms with E-state index in [2.05, 4.69) is 24.5 Å². The molecule has 1 aliphatic rings. The lowest BCUT2D eigenvalue weighted by Gasteiger charge is -2.19. The van der Waals surface area contributed by atoms with Crippen molar-refractivity contribution in [2.24, 2.45) is 0 Å². The zero-order chi connectivity index (χ0) is 18.5. The third-order valence-electron chi connectivity index (χ3n) is 4.90. The first kappa shape index (κ1) is 18.4. The fourth-order valence-electron chi connectivity index (χ4n) is 3.20. The number of hydrogen-bond acceptors (Lipinski definition) is 3. The molecule has 0 radical (unpaired) electrons. The second kappa shape index (κ2) is 8.32. The lowest BCUT2D eigenvalue weighted by Crippen LogP contribution is -2.26. The lowest BCUT2D eigenvalue weighted by molar-refractivity contribution is -0.118. The maximum absolute atomic E-state index is 14.6. The van der Waals surface area contributed by atoms with Crippen LogP contribution in [-0.4, -0.2) is 19.1 Å². The molecule has 2 N–H and O–H groups in total. The van der Waals surface area contributed by atoms with Crippen LogP contribution in [0.25, 0.3) is 0 Å². The Kier molecular flexibility index (Phi) is 5.89. The number of carbonyl (C=O) groups excluding carboxylic acids is 1. The molecule has 0 spiro atoms. The monoisotopic (exact) mass is 356 g/mol. The summed E-state index contributed by atoms with van der Waals surface area (Å²) in [6, 6.07) is 11.2. The van der Waals surface area contributed by atoms with Gasteiger partial charge in [0.2, 0.25) is 0 Å². The van der Waals surface area contributed by atoms with Gasteiger partial charge in [-0.25, -0.2) is 4.39 Å². The number of para-hydroxylation sites is 1. The van der Waals surface area contributed by atoms with Gasteiger partial charge < -0.3 is 15.4 Å². The number of benzene rings is 2. The molecule has 138 valence electrons. The number of halogens is 1. The Morgan fingerprint density at radius 2 is 2.12 bits per heavy atom. The van der Waals surface area contributed by atoms with Gasteiger partial charge in [-0.1, -0.05) is 38.1 Å². The van der Waals surface area contributed by atoms with Crippen LogP contribution < -0.4 is 15.4 Å². The van der Waals surface area contributed by atoms with Crippen molar-refractivity contribution in [1.29, 1.82) is 0 Å². The quantitative estimate of drug-likeness (QED) is 0.822. The summed E-state index contributed by atoms with van der Waals surface area (Å²) in [7, 11) is 0. The zero-order valence-electron chi connectivity index (χ0n) is 15.3. The normalized spacial score (nSPS) is 14.4. The van der Waals surface area contributed by atoms with Crippen LogP contribution in [0.2, 0.25) is 0 Å². The summed E-state index contributed by atoms with van der Waals surface area (Å²) in [6.45, 7) is 5.50. The summed E-state index contributed by atoms with van der Waals surface area (Å²) in [4.78, 5) is 12.2. The summed E-state index contributed by atoms with van der Waals surface area (Å²) < 4.78 is 20.3. The number of fused-ring (bicyclic) bond motifs is 1. The topological polar surface area (TPSA) is 50.4 Å². The highest BCUT2D eigenvalue weighted by Gasteiger charge is 2.18. The van der Waals surface area contributed by atoms with Gasteiger partial charge in [0.05, 0.1) is 5.69 Å². The number of hydrogen-bond donors (Lipinski definition) is 2. The summed E-state index contributed by atoms with van der Waals surface area (Å²) in [5.74, 6) is 0.351. The molecule has 1 aliphatic heterocycles. The molecule has 0 aliphatic carbocycles. The molecular formula is C21H25FN2O2. The number of carbonyl (C=O) groups is 1. The largest absolute Gasteiger partial charge is 0.483 e. The summed E-state index contributed by atoms with van der Waals surface area (Å²) in [6.07, 6.45) is 1.62. The first-order valence-electron chi connectivity index (χ1n) is 9.12. The van der Waals surface area contributed by atoms with Gasteiger partial charge in [-0.05, 0) is 54.1 Å². The molecule has 2 aromatic rings. The predicted molar refractivity (Wildman–Crippen MR) is 101 cm³/mol. The molecule has 0 saturated carbocycles. The summed E-state index contributed by atoms with van der Waals surface area (Å²) in [5, 5.41) is 5.85. The summed E-state index contributed by atoms with van der Waals surface area (Å²) in [5.41, 5.74) is 2.93. The van der Waals surface area contributed by atoms with Crippen LogP contribution in [0.3, 0.4) is 0 Å². The zero-order valence-corrected chi connectivity index (χ0v) is 15.3. The second-order valence-electron chi connectivity index (χ2n) is 6.68. The summed E-state index contributed by atoms with van der Waals surface area (Å²) >= 11 is 0. The SMILES string of the molecule is CCC(C)c1ccccc1OCC(=O)Nc1ccc2c(c1F)CCNC2. The third-order valence-corrected chi connectivity index (χ3v) is 4.90. The first-order chi connectivity index (χ1) is 12.6. The van der Waals surface area contributed by atoms with Gasteiger partial charge in [-0.15, -0.1) is 0 Å². The number of nitrogens with one attached hydrogen (secondary N) is 2. The average molecular weight is 356 g/mol. The fraction of sp³-hybridized carbons (Fsp3) is 0.381. The molecule has 2 aromatic carbocycles. The van der Waals surface area contributed by atoms with Gasteiger partial charge in [0.1, 0.15) is 11.6 Å². The van der Waals surface area contributed by atoms with E-state index in [1.165, 1.54) is 0 Å². The van der Waals surface area contributed by atoms with Gasteiger partial charge in [-0.2, -0.15) is 0 Å². The minimum absolute atomic E-state index is 0.147. The van der Waals surface area contributed by atoms with E-state index in [-0.39, 0.29) is 24.0 Å². The Labute approximate surface area is 153 Å². The van der Waals surface area contributed by atoms with Crippen molar-refractivity contribution in [3.05, 3.63) is 58.9 Å². The van der Waals surface area contributed by atoms with Gasteiger partial charge in [0, 0.05) is 6.54 Å². The smallest absolute Gasteiger partial charge is 0.262 e. The van der Waals surface area contributed by atoms with E-state index in [1.807, 2.05) is 30.3 Å². The molecule has 3 rings (SSSR count). The van der Waals surface area contributed by atoms with E-state index in [4.69, 9.17) is 4.74 Å². The minimum atomic E-state index is -0.364. The van der Waals surface area contributed by atoms with Crippen molar-refractivity contribution < 1.29 is 13.9 Å². The Morgan fingerprint density at radius 1 is 1.31 bits per heavy atom. The van der Waals surface area contributed by atoms with Crippen LogP contribution in [0.5, 0.6) is 5.75 Å². The third kappa shape index (κ3) is 4.05. The van der Waals surface area contributed by atoms with Gasteiger partial charge in [0.15, 0.2) is 6.61 Å². The number of anilines is 1. The van der Waals surface area contributed by atoms with Crippen molar-refractivity contribution >= 4 is 11.6 Å². The Bertz CT molecular complexity index is 792. The molecule has 1 amide bonds. The number of amides is 1. The van der Waals surface area contributed by atoms with E-state index in [0.717, 1.165) is 24.1 Å². The lowest BCUT2D eigenvalue weighted by atomic mass is 9.98. The van der Waals surface area contributed by atoms with Crippen molar-refractivity contribution in [1.82, 2.24) is 5.32 Å². The van der Waals surface area contributed by atoms with E-state index in [1.54, 1.807) is 6.07 Å². The van der Waals surface area contributed by atoms with E-state index in [0.29, 0.717) is 30.2 Å². The highest BCUT2D eigenvalue weighted by molar-refractivity contribution is 5.92. The molecule has 0 saturated heterocycles. The Morgan fingerprint density at radius 3 is 2.92 bits per heavy atom. The van der Waals surface area contributed by atoms with Crippen LogP contribution >= 0.6 is 0 Å². The maximum atomic E-state index is 14.6. The molecule has 26 heavy (non-hydrogen) atoms. The van der Waals surface area contributed by atoms with E-state index >= 15 is 0 Å². The molecule has 0 fully saturated rings.